The number of phenols is 1. The molecule has 0 fully saturated rings. The molecule has 0 aliphatic heterocycles. The first-order valence-corrected chi connectivity index (χ1v) is 10.5. The lowest BCUT2D eigenvalue weighted by Crippen LogP contribution is -2.12. The Morgan fingerprint density at radius 3 is 2.28 bits per heavy atom. The van der Waals surface area contributed by atoms with Crippen LogP contribution in [0.3, 0.4) is 0 Å². The largest absolute Gasteiger partial charge is 0.507 e. The lowest BCUT2D eigenvalue weighted by molar-refractivity contribution is 0.102. The van der Waals surface area contributed by atoms with Crippen LogP contribution in [0.4, 0.5) is 5.69 Å². The van der Waals surface area contributed by atoms with Gasteiger partial charge in [-0.15, -0.1) is 0 Å². The highest BCUT2D eigenvalue weighted by atomic mass is 32.2. The van der Waals surface area contributed by atoms with Crippen molar-refractivity contribution in [1.29, 1.82) is 0 Å². The quantitative estimate of drug-likeness (QED) is 0.489. The molecule has 0 saturated carbocycles. The number of carbonyl (C=O) groups is 1. The predicted octanol–water partition coefficient (Wildman–Crippen LogP) is 5.11. The van der Waals surface area contributed by atoms with E-state index in [0.717, 1.165) is 21.2 Å². The average Bonchev–Trinajstić information content (AvgIpc) is 2.74. The van der Waals surface area contributed by atoms with Gasteiger partial charge < -0.3 is 10.4 Å². The van der Waals surface area contributed by atoms with E-state index in [-0.39, 0.29) is 11.3 Å². The number of anilines is 1. The number of hydrogen-bond donors (Lipinski definition) is 2. The van der Waals surface area contributed by atoms with Crippen molar-refractivity contribution >= 4 is 33.2 Å². The van der Waals surface area contributed by atoms with Crippen LogP contribution in [-0.2, 0) is 16.6 Å². The summed E-state index contributed by atoms with van der Waals surface area (Å²) in [6, 6.07) is 27.4. The highest BCUT2D eigenvalue weighted by molar-refractivity contribution is 7.84. The number of rotatable bonds is 5. The van der Waals surface area contributed by atoms with E-state index >= 15 is 0 Å². The van der Waals surface area contributed by atoms with Gasteiger partial charge in [0.2, 0.25) is 0 Å². The molecular weight excluding hydrogens is 382 g/mol. The van der Waals surface area contributed by atoms with Gasteiger partial charge in [-0.05, 0) is 52.7 Å². The molecule has 29 heavy (non-hydrogen) atoms. The third-order valence-electron chi connectivity index (χ3n) is 4.60. The van der Waals surface area contributed by atoms with E-state index in [9.17, 15) is 14.1 Å². The molecule has 4 nitrogen and oxygen atoms in total. The van der Waals surface area contributed by atoms with Crippen LogP contribution in [0, 0.1) is 0 Å². The van der Waals surface area contributed by atoms with E-state index in [1.807, 2.05) is 66.7 Å². The van der Waals surface area contributed by atoms with Crippen LogP contribution >= 0.6 is 0 Å². The molecule has 0 aliphatic rings. The summed E-state index contributed by atoms with van der Waals surface area (Å²) in [5.74, 6) is -0.105. The van der Waals surface area contributed by atoms with Gasteiger partial charge in [0.15, 0.2) is 0 Å². The van der Waals surface area contributed by atoms with Gasteiger partial charge in [0.05, 0.1) is 22.1 Å². The van der Waals surface area contributed by atoms with Crippen molar-refractivity contribution in [3.05, 3.63) is 102 Å². The zero-order chi connectivity index (χ0) is 20.2. The molecule has 0 aromatic heterocycles. The van der Waals surface area contributed by atoms with Crippen molar-refractivity contribution in [2.24, 2.45) is 0 Å². The van der Waals surface area contributed by atoms with Gasteiger partial charge in [0.1, 0.15) is 5.75 Å². The molecule has 0 bridgehead atoms. The molecule has 144 valence electrons. The van der Waals surface area contributed by atoms with Crippen LogP contribution < -0.4 is 5.32 Å². The van der Waals surface area contributed by atoms with Crippen LogP contribution in [-0.4, -0.2) is 15.2 Å². The van der Waals surface area contributed by atoms with Gasteiger partial charge in [-0.25, -0.2) is 0 Å². The Balaban J connectivity index is 1.53. The van der Waals surface area contributed by atoms with Crippen LogP contribution in [0.1, 0.15) is 15.9 Å². The normalized spacial score (nSPS) is 11.9. The van der Waals surface area contributed by atoms with E-state index in [0.29, 0.717) is 11.4 Å². The Hall–Kier alpha value is -3.44. The second-order valence-corrected chi connectivity index (χ2v) is 8.13. The number of nitrogens with one attached hydrogen (secondary N) is 1. The monoisotopic (exact) mass is 401 g/mol. The summed E-state index contributed by atoms with van der Waals surface area (Å²) in [6.45, 7) is 0. The zero-order valence-electron chi connectivity index (χ0n) is 15.5. The summed E-state index contributed by atoms with van der Waals surface area (Å²) in [7, 11) is -1.16. The Bertz CT molecular complexity index is 1210. The molecule has 0 radical (unpaired) electrons. The summed E-state index contributed by atoms with van der Waals surface area (Å²) in [6.07, 6.45) is 0. The van der Waals surface area contributed by atoms with Crippen molar-refractivity contribution in [3.63, 3.8) is 0 Å². The van der Waals surface area contributed by atoms with Gasteiger partial charge in [-0.3, -0.25) is 9.00 Å². The second-order valence-electron chi connectivity index (χ2n) is 6.67. The van der Waals surface area contributed by atoms with E-state index < -0.39 is 16.7 Å². The van der Waals surface area contributed by atoms with Crippen LogP contribution in [0.2, 0.25) is 0 Å². The molecule has 4 rings (SSSR count). The Labute approximate surface area is 171 Å². The van der Waals surface area contributed by atoms with Crippen molar-refractivity contribution in [2.75, 3.05) is 5.32 Å². The topological polar surface area (TPSA) is 66.4 Å². The number of fused-ring (bicyclic) bond motifs is 1. The van der Waals surface area contributed by atoms with E-state index in [1.165, 1.54) is 0 Å². The van der Waals surface area contributed by atoms with Gasteiger partial charge in [-0.2, -0.15) is 0 Å². The van der Waals surface area contributed by atoms with Crippen molar-refractivity contribution in [1.82, 2.24) is 0 Å². The molecule has 0 saturated heterocycles. The maximum Gasteiger partial charge on any atom is 0.259 e. The minimum atomic E-state index is -1.16. The van der Waals surface area contributed by atoms with Gasteiger partial charge in [0.25, 0.3) is 5.91 Å². The predicted molar refractivity (Wildman–Crippen MR) is 117 cm³/mol. The van der Waals surface area contributed by atoms with E-state index in [4.69, 9.17) is 0 Å². The number of phenolic OH excluding ortho intramolecular Hbond substituents is 1. The summed E-state index contributed by atoms with van der Waals surface area (Å²) in [4.78, 5) is 13.5. The summed E-state index contributed by atoms with van der Waals surface area (Å²) >= 11 is 0. The molecule has 4 aromatic rings. The fourth-order valence-corrected chi connectivity index (χ4v) is 4.26. The Kier molecular flexibility index (Phi) is 5.40. The number of hydrogen-bond acceptors (Lipinski definition) is 3. The van der Waals surface area contributed by atoms with Crippen molar-refractivity contribution in [2.45, 2.75) is 10.6 Å². The fraction of sp³-hybridized carbons (Fsp3) is 0.0417. The highest BCUT2D eigenvalue weighted by Gasteiger charge is 2.13. The van der Waals surface area contributed by atoms with Crippen LogP contribution in [0.25, 0.3) is 10.8 Å². The first-order valence-electron chi connectivity index (χ1n) is 9.15. The van der Waals surface area contributed by atoms with Gasteiger partial charge in [-0.1, -0.05) is 54.6 Å². The maximum atomic E-state index is 12.7. The number of benzene rings is 4. The lowest BCUT2D eigenvalue weighted by atomic mass is 10.1. The highest BCUT2D eigenvalue weighted by Crippen LogP contribution is 2.26. The molecular formula is C24H19NO3S. The smallest absolute Gasteiger partial charge is 0.259 e. The second kappa shape index (κ2) is 8.29. The molecule has 0 spiro atoms. The third-order valence-corrected chi connectivity index (χ3v) is 5.99. The SMILES string of the molecule is O=C(Nc1cccc(C[S@](=O)c2ccccc2)c1)c1cc2ccccc2cc1O. The Morgan fingerprint density at radius 1 is 0.828 bits per heavy atom. The van der Waals surface area contributed by atoms with Crippen molar-refractivity contribution < 1.29 is 14.1 Å². The number of carbonyl (C=O) groups excluding carboxylic acids is 1. The van der Waals surface area contributed by atoms with Crippen molar-refractivity contribution in [3.8, 4) is 5.75 Å². The summed E-state index contributed by atoms with van der Waals surface area (Å²) in [5.41, 5.74) is 1.65. The molecule has 2 N–H and O–H groups in total. The first-order chi connectivity index (χ1) is 14.1. The molecule has 4 aromatic carbocycles. The molecule has 5 heteroatoms. The van der Waals surface area contributed by atoms with Crippen LogP contribution in [0.15, 0.2) is 95.9 Å². The maximum absolute atomic E-state index is 12.7. The minimum Gasteiger partial charge on any atom is -0.507 e. The fourth-order valence-electron chi connectivity index (χ4n) is 3.15. The van der Waals surface area contributed by atoms with E-state index in [1.54, 1.807) is 24.3 Å². The number of aromatic hydroxyl groups is 1. The number of amides is 1. The molecule has 0 aliphatic carbocycles. The minimum absolute atomic E-state index is 0.0671. The molecule has 0 unspecified atom stereocenters. The third kappa shape index (κ3) is 4.36. The standard InChI is InChI=1S/C24H19NO3S/c26-23-15-19-9-5-4-8-18(19)14-22(23)24(27)25-20-10-6-7-17(13-20)16-29(28)21-11-2-1-3-12-21/h1-15,26H,16H2,(H,25,27)/t29-/m0/s1. The first kappa shape index (κ1) is 18.9. The molecule has 1 amide bonds. The lowest BCUT2D eigenvalue weighted by Gasteiger charge is -2.10. The van der Waals surface area contributed by atoms with Crippen LogP contribution in [0.5, 0.6) is 5.75 Å². The molecule has 1 atom stereocenters. The average molecular weight is 401 g/mol. The Morgan fingerprint density at radius 2 is 1.52 bits per heavy atom. The molecule has 0 heterocycles. The van der Waals surface area contributed by atoms with Gasteiger partial charge >= 0.3 is 0 Å². The summed E-state index contributed by atoms with van der Waals surface area (Å²) < 4.78 is 12.5. The van der Waals surface area contributed by atoms with Gasteiger partial charge in [0, 0.05) is 10.6 Å². The summed E-state index contributed by atoms with van der Waals surface area (Å²) in [5, 5.41) is 14.8. The zero-order valence-corrected chi connectivity index (χ0v) is 16.4. The van der Waals surface area contributed by atoms with E-state index in [2.05, 4.69) is 5.32 Å².